The zero-order valence-corrected chi connectivity index (χ0v) is 11.1. The summed E-state index contributed by atoms with van der Waals surface area (Å²) in [5, 5.41) is 0.335. The zero-order chi connectivity index (χ0) is 12.8. The highest BCUT2D eigenvalue weighted by atomic mass is 35.5. The van der Waals surface area contributed by atoms with Gasteiger partial charge in [0.25, 0.3) is 0 Å². The fourth-order valence-electron chi connectivity index (χ4n) is 1.93. The van der Waals surface area contributed by atoms with Gasteiger partial charge in [0.05, 0.1) is 0 Å². The van der Waals surface area contributed by atoms with Gasteiger partial charge in [0.1, 0.15) is 11.6 Å². The highest BCUT2D eigenvalue weighted by molar-refractivity contribution is 6.31. The van der Waals surface area contributed by atoms with Gasteiger partial charge in [-0.05, 0) is 23.6 Å². The van der Waals surface area contributed by atoms with E-state index in [1.807, 2.05) is 0 Å². The van der Waals surface area contributed by atoms with Crippen molar-refractivity contribution in [3.05, 3.63) is 34.6 Å². The molecule has 1 unspecified atom stereocenters. The summed E-state index contributed by atoms with van der Waals surface area (Å²) in [6.07, 6.45) is 3.02. The summed E-state index contributed by atoms with van der Waals surface area (Å²) in [7, 11) is 0. The highest BCUT2D eigenvalue weighted by Crippen LogP contribution is 2.19. The molecule has 94 valence electrons. The standard InChI is InChI=1S/C14H18ClFO/c1-3-4-10(2)7-13(17)8-11-5-6-12(16)9-14(11)15/h5-6,9-10H,3-4,7-8H2,1-2H3. The molecule has 1 nitrogen and oxygen atoms in total. The Labute approximate surface area is 107 Å². The van der Waals surface area contributed by atoms with E-state index in [0.717, 1.165) is 12.8 Å². The molecule has 0 aliphatic rings. The van der Waals surface area contributed by atoms with Gasteiger partial charge < -0.3 is 0 Å². The van der Waals surface area contributed by atoms with Crippen molar-refractivity contribution in [3.8, 4) is 0 Å². The SMILES string of the molecule is CCCC(C)CC(=O)Cc1ccc(F)cc1Cl. The van der Waals surface area contributed by atoms with E-state index in [4.69, 9.17) is 11.6 Å². The van der Waals surface area contributed by atoms with Gasteiger partial charge in [-0.1, -0.05) is 44.4 Å². The van der Waals surface area contributed by atoms with E-state index in [2.05, 4.69) is 13.8 Å². The molecule has 0 bridgehead atoms. The van der Waals surface area contributed by atoms with Gasteiger partial charge in [-0.15, -0.1) is 0 Å². The summed E-state index contributed by atoms with van der Waals surface area (Å²) >= 11 is 5.88. The number of carbonyl (C=O) groups excluding carboxylic acids is 1. The number of carbonyl (C=O) groups is 1. The maximum atomic E-state index is 12.8. The molecule has 0 heterocycles. The molecule has 0 amide bonds. The normalized spacial score (nSPS) is 12.5. The first kappa shape index (κ1) is 14.2. The van der Waals surface area contributed by atoms with Crippen LogP contribution < -0.4 is 0 Å². The topological polar surface area (TPSA) is 17.1 Å². The Kier molecular flexibility index (Phi) is 5.63. The number of halogens is 2. The third-order valence-corrected chi connectivity index (χ3v) is 3.11. The Balaban J connectivity index is 2.56. The number of benzene rings is 1. The predicted octanol–water partition coefficient (Wildman–Crippen LogP) is 4.42. The minimum Gasteiger partial charge on any atom is -0.299 e. The van der Waals surface area contributed by atoms with E-state index in [-0.39, 0.29) is 11.6 Å². The van der Waals surface area contributed by atoms with Crippen LogP contribution in [-0.4, -0.2) is 5.78 Å². The Hall–Kier alpha value is -0.890. The van der Waals surface area contributed by atoms with Crippen molar-refractivity contribution in [3.63, 3.8) is 0 Å². The third kappa shape index (κ3) is 4.86. The fraction of sp³-hybridized carbons (Fsp3) is 0.500. The highest BCUT2D eigenvalue weighted by Gasteiger charge is 2.11. The molecule has 0 saturated carbocycles. The van der Waals surface area contributed by atoms with Crippen LogP contribution in [0.2, 0.25) is 5.02 Å². The Morgan fingerprint density at radius 1 is 1.47 bits per heavy atom. The molecule has 0 aliphatic carbocycles. The van der Waals surface area contributed by atoms with Crippen molar-refractivity contribution in [2.24, 2.45) is 5.92 Å². The maximum Gasteiger partial charge on any atom is 0.137 e. The van der Waals surface area contributed by atoms with Crippen LogP contribution in [0, 0.1) is 11.7 Å². The molecule has 0 radical (unpaired) electrons. The van der Waals surface area contributed by atoms with E-state index in [1.54, 1.807) is 6.07 Å². The van der Waals surface area contributed by atoms with Crippen LogP contribution in [0.3, 0.4) is 0 Å². The van der Waals surface area contributed by atoms with Crippen LogP contribution in [-0.2, 0) is 11.2 Å². The number of ketones is 1. The molecule has 1 aromatic carbocycles. The molecule has 1 rings (SSSR count). The van der Waals surface area contributed by atoms with Crippen molar-refractivity contribution in [1.29, 1.82) is 0 Å². The molecule has 3 heteroatoms. The molecule has 0 aromatic heterocycles. The second-order valence-corrected chi connectivity index (χ2v) is 4.96. The van der Waals surface area contributed by atoms with Crippen molar-refractivity contribution < 1.29 is 9.18 Å². The zero-order valence-electron chi connectivity index (χ0n) is 10.3. The van der Waals surface area contributed by atoms with Crippen molar-refractivity contribution in [2.45, 2.75) is 39.5 Å². The molecule has 0 fully saturated rings. The summed E-state index contributed by atoms with van der Waals surface area (Å²) in [5.41, 5.74) is 0.710. The van der Waals surface area contributed by atoms with Crippen LogP contribution >= 0.6 is 11.6 Å². The molecule has 1 aromatic rings. The minimum atomic E-state index is -0.370. The number of Topliss-reactive ketones (excluding diaryl/α,β-unsaturated/α-hetero) is 1. The Morgan fingerprint density at radius 2 is 2.18 bits per heavy atom. The van der Waals surface area contributed by atoms with Gasteiger partial charge in [0.15, 0.2) is 0 Å². The predicted molar refractivity (Wildman–Crippen MR) is 68.8 cm³/mol. The Bertz CT molecular complexity index is 390. The average Bonchev–Trinajstić information content (AvgIpc) is 2.22. The lowest BCUT2D eigenvalue weighted by molar-refractivity contribution is -0.119. The second-order valence-electron chi connectivity index (χ2n) is 4.55. The van der Waals surface area contributed by atoms with E-state index < -0.39 is 0 Å². The first-order valence-electron chi connectivity index (χ1n) is 5.98. The lowest BCUT2D eigenvalue weighted by atomic mass is 9.96. The monoisotopic (exact) mass is 256 g/mol. The molecular weight excluding hydrogens is 239 g/mol. The van der Waals surface area contributed by atoms with E-state index in [0.29, 0.717) is 29.3 Å². The van der Waals surface area contributed by atoms with Crippen LogP contribution in [0.15, 0.2) is 18.2 Å². The molecule has 17 heavy (non-hydrogen) atoms. The number of hydrogen-bond donors (Lipinski definition) is 0. The van der Waals surface area contributed by atoms with E-state index >= 15 is 0 Å². The minimum absolute atomic E-state index is 0.166. The van der Waals surface area contributed by atoms with Gasteiger partial charge in [-0.25, -0.2) is 4.39 Å². The molecule has 0 saturated heterocycles. The lowest BCUT2D eigenvalue weighted by Crippen LogP contribution is -2.08. The second kappa shape index (κ2) is 6.75. The fourth-order valence-corrected chi connectivity index (χ4v) is 2.17. The van der Waals surface area contributed by atoms with Gasteiger partial charge >= 0.3 is 0 Å². The van der Waals surface area contributed by atoms with Crippen molar-refractivity contribution in [2.75, 3.05) is 0 Å². The largest absolute Gasteiger partial charge is 0.299 e. The van der Waals surface area contributed by atoms with Crippen LogP contribution in [0.1, 0.15) is 38.7 Å². The van der Waals surface area contributed by atoms with Crippen LogP contribution in [0.5, 0.6) is 0 Å². The molecule has 0 aliphatic heterocycles. The summed E-state index contributed by atoms with van der Waals surface area (Å²) in [5.74, 6) is 0.205. The van der Waals surface area contributed by atoms with Gasteiger partial charge in [-0.3, -0.25) is 4.79 Å². The molecule has 0 N–H and O–H groups in total. The summed E-state index contributed by atoms with van der Waals surface area (Å²) in [4.78, 5) is 11.8. The number of rotatable bonds is 6. The van der Waals surface area contributed by atoms with Crippen LogP contribution in [0.25, 0.3) is 0 Å². The smallest absolute Gasteiger partial charge is 0.137 e. The van der Waals surface area contributed by atoms with Crippen molar-refractivity contribution in [1.82, 2.24) is 0 Å². The van der Waals surface area contributed by atoms with Crippen LogP contribution in [0.4, 0.5) is 4.39 Å². The summed E-state index contributed by atoms with van der Waals surface area (Å²) in [6, 6.07) is 4.17. The molecule has 0 spiro atoms. The summed E-state index contributed by atoms with van der Waals surface area (Å²) < 4.78 is 12.8. The first-order chi connectivity index (χ1) is 8.02. The van der Waals surface area contributed by atoms with E-state index in [1.165, 1.54) is 12.1 Å². The average molecular weight is 257 g/mol. The Morgan fingerprint density at radius 3 is 2.76 bits per heavy atom. The van der Waals surface area contributed by atoms with Crippen molar-refractivity contribution >= 4 is 17.4 Å². The first-order valence-corrected chi connectivity index (χ1v) is 6.36. The van der Waals surface area contributed by atoms with Gasteiger partial charge in [0, 0.05) is 17.9 Å². The third-order valence-electron chi connectivity index (χ3n) is 2.76. The maximum absolute atomic E-state index is 12.8. The summed E-state index contributed by atoms with van der Waals surface area (Å²) in [6.45, 7) is 4.19. The van der Waals surface area contributed by atoms with Gasteiger partial charge in [0.2, 0.25) is 0 Å². The van der Waals surface area contributed by atoms with E-state index in [9.17, 15) is 9.18 Å². The number of hydrogen-bond acceptors (Lipinski definition) is 1. The van der Waals surface area contributed by atoms with Gasteiger partial charge in [-0.2, -0.15) is 0 Å². The molecule has 1 atom stereocenters. The molecular formula is C14H18ClFO. The lowest BCUT2D eigenvalue weighted by Gasteiger charge is -2.09. The quantitative estimate of drug-likeness (QED) is 0.737.